The molecule has 0 radical (unpaired) electrons. The number of hydrogen-bond acceptors (Lipinski definition) is 2. The molecule has 1 aromatic carbocycles. The van der Waals surface area contributed by atoms with Crippen LogP contribution in [0.25, 0.3) is 0 Å². The fourth-order valence-electron chi connectivity index (χ4n) is 1.82. The number of rotatable bonds is 5. The summed E-state index contributed by atoms with van der Waals surface area (Å²) in [4.78, 5) is 16.4. The van der Waals surface area contributed by atoms with Gasteiger partial charge < -0.3 is 4.57 Å². The van der Waals surface area contributed by atoms with Crippen molar-refractivity contribution in [3.05, 3.63) is 52.5 Å². The lowest BCUT2D eigenvalue weighted by Gasteiger charge is -2.06. The normalized spacial score (nSPS) is 10.6. The first-order chi connectivity index (χ1) is 8.70. The summed E-state index contributed by atoms with van der Waals surface area (Å²) in [6, 6.07) is 7.44. The van der Waals surface area contributed by atoms with Crippen molar-refractivity contribution in [1.29, 1.82) is 0 Å². The van der Waals surface area contributed by atoms with Gasteiger partial charge in [0.15, 0.2) is 5.78 Å². The van der Waals surface area contributed by atoms with E-state index < -0.39 is 0 Å². The van der Waals surface area contributed by atoms with E-state index in [0.29, 0.717) is 6.54 Å². The molecule has 4 heteroatoms. The van der Waals surface area contributed by atoms with Crippen molar-refractivity contribution in [2.75, 3.05) is 0 Å². The van der Waals surface area contributed by atoms with Crippen LogP contribution < -0.4 is 0 Å². The van der Waals surface area contributed by atoms with Crippen molar-refractivity contribution >= 4 is 21.7 Å². The first-order valence-corrected chi connectivity index (χ1v) is 6.78. The van der Waals surface area contributed by atoms with Gasteiger partial charge in [0, 0.05) is 28.9 Å². The maximum Gasteiger partial charge on any atom is 0.182 e. The van der Waals surface area contributed by atoms with Crippen molar-refractivity contribution in [2.24, 2.45) is 0 Å². The smallest absolute Gasteiger partial charge is 0.182 e. The molecule has 0 fully saturated rings. The second-order valence-electron chi connectivity index (χ2n) is 4.15. The number of Topliss-reactive ketones (excluding diaryl/α,β-unsaturated/α-hetero) is 1. The summed E-state index contributed by atoms with van der Waals surface area (Å²) in [6.07, 6.45) is 5.55. The largest absolute Gasteiger partial charge is 0.327 e. The Kier molecular flexibility index (Phi) is 4.31. The molecule has 0 bridgehead atoms. The first kappa shape index (κ1) is 13.0. The highest BCUT2D eigenvalue weighted by molar-refractivity contribution is 9.10. The average Bonchev–Trinajstić information content (AvgIpc) is 2.78. The Balaban J connectivity index is 2.11. The number of aromatic nitrogens is 2. The van der Waals surface area contributed by atoms with Gasteiger partial charge >= 0.3 is 0 Å². The van der Waals surface area contributed by atoms with Gasteiger partial charge in [-0.15, -0.1) is 0 Å². The molecule has 0 aliphatic carbocycles. The zero-order valence-electron chi connectivity index (χ0n) is 10.3. The molecular formula is C14H15BrN2O. The van der Waals surface area contributed by atoms with Gasteiger partial charge in [0.25, 0.3) is 0 Å². The third-order valence-electron chi connectivity index (χ3n) is 2.76. The van der Waals surface area contributed by atoms with Crippen LogP contribution in [0.4, 0.5) is 0 Å². The topological polar surface area (TPSA) is 34.9 Å². The highest BCUT2D eigenvalue weighted by Gasteiger charge is 2.09. The summed E-state index contributed by atoms with van der Waals surface area (Å²) in [5.74, 6) is 1.08. The van der Waals surface area contributed by atoms with Crippen molar-refractivity contribution in [2.45, 2.75) is 26.3 Å². The van der Waals surface area contributed by atoms with Crippen LogP contribution >= 0.6 is 15.9 Å². The van der Waals surface area contributed by atoms with E-state index >= 15 is 0 Å². The predicted molar refractivity (Wildman–Crippen MR) is 74.7 cm³/mol. The van der Waals surface area contributed by atoms with Crippen LogP contribution in [0.15, 0.2) is 41.1 Å². The Hall–Kier alpha value is -1.42. The second-order valence-corrected chi connectivity index (χ2v) is 5.07. The molecule has 0 unspecified atom stereocenters. The minimum atomic E-state index is 0.109. The van der Waals surface area contributed by atoms with Crippen molar-refractivity contribution in [3.8, 4) is 0 Å². The van der Waals surface area contributed by atoms with E-state index in [2.05, 4.69) is 27.8 Å². The minimum absolute atomic E-state index is 0.109. The number of nitrogens with zero attached hydrogens (tertiary/aromatic N) is 2. The molecular weight excluding hydrogens is 292 g/mol. The number of imidazole rings is 1. The van der Waals surface area contributed by atoms with E-state index in [1.807, 2.05) is 35.0 Å². The number of hydrogen-bond donors (Lipinski definition) is 0. The monoisotopic (exact) mass is 306 g/mol. The van der Waals surface area contributed by atoms with Gasteiger partial charge in [-0.05, 0) is 18.6 Å². The third-order valence-corrected chi connectivity index (χ3v) is 3.28. The Bertz CT molecular complexity index is 531. The number of carbonyl (C=O) groups is 1. The molecule has 0 aliphatic rings. The molecule has 0 spiro atoms. The Morgan fingerprint density at radius 2 is 2.06 bits per heavy atom. The lowest BCUT2D eigenvalue weighted by atomic mass is 10.1. The van der Waals surface area contributed by atoms with Crippen LogP contribution in [-0.2, 0) is 13.0 Å². The predicted octanol–water partition coefficient (Wildman–Crippen LogP) is 3.48. The molecule has 2 aromatic rings. The standard InChI is InChI=1S/C14H15BrN2O/c1-2-3-14-16-8-9-17(14)10-13(18)11-4-6-12(15)7-5-11/h4-9H,2-3,10H2,1H3. The van der Waals surface area contributed by atoms with Gasteiger partial charge in [0.05, 0.1) is 6.54 Å². The average molecular weight is 307 g/mol. The first-order valence-electron chi connectivity index (χ1n) is 5.99. The van der Waals surface area contributed by atoms with Crippen LogP contribution in [0.3, 0.4) is 0 Å². The maximum absolute atomic E-state index is 12.1. The number of ketones is 1. The number of carbonyl (C=O) groups excluding carboxylic acids is 1. The van der Waals surface area contributed by atoms with Crippen LogP contribution in [0.2, 0.25) is 0 Å². The molecule has 0 amide bonds. The SMILES string of the molecule is CCCc1nccn1CC(=O)c1ccc(Br)cc1. The fourth-order valence-corrected chi connectivity index (χ4v) is 2.08. The maximum atomic E-state index is 12.1. The Morgan fingerprint density at radius 3 is 2.72 bits per heavy atom. The van der Waals surface area contributed by atoms with E-state index in [-0.39, 0.29) is 5.78 Å². The van der Waals surface area contributed by atoms with Crippen LogP contribution in [0.1, 0.15) is 29.5 Å². The quantitative estimate of drug-likeness (QED) is 0.793. The van der Waals surface area contributed by atoms with E-state index in [9.17, 15) is 4.79 Å². The fraction of sp³-hybridized carbons (Fsp3) is 0.286. The van der Waals surface area contributed by atoms with Crippen LogP contribution in [-0.4, -0.2) is 15.3 Å². The molecule has 94 valence electrons. The van der Waals surface area contributed by atoms with Gasteiger partial charge in [-0.3, -0.25) is 4.79 Å². The van der Waals surface area contributed by atoms with E-state index in [4.69, 9.17) is 0 Å². The van der Waals surface area contributed by atoms with Crippen molar-refractivity contribution in [3.63, 3.8) is 0 Å². The Morgan fingerprint density at radius 1 is 1.33 bits per heavy atom. The van der Waals surface area contributed by atoms with Crippen molar-refractivity contribution in [1.82, 2.24) is 9.55 Å². The van der Waals surface area contributed by atoms with E-state index in [0.717, 1.165) is 28.7 Å². The minimum Gasteiger partial charge on any atom is -0.327 e. The van der Waals surface area contributed by atoms with Crippen molar-refractivity contribution < 1.29 is 4.79 Å². The molecule has 0 atom stereocenters. The summed E-state index contributed by atoms with van der Waals surface area (Å²) < 4.78 is 2.90. The zero-order chi connectivity index (χ0) is 13.0. The lowest BCUT2D eigenvalue weighted by Crippen LogP contribution is -2.12. The zero-order valence-corrected chi connectivity index (χ0v) is 11.9. The Labute approximate surface area is 115 Å². The van der Waals surface area contributed by atoms with Gasteiger partial charge in [0.2, 0.25) is 0 Å². The summed E-state index contributed by atoms with van der Waals surface area (Å²) >= 11 is 3.36. The van der Waals surface area contributed by atoms with Gasteiger partial charge in [-0.1, -0.05) is 35.0 Å². The number of benzene rings is 1. The third kappa shape index (κ3) is 3.07. The van der Waals surface area contributed by atoms with Gasteiger partial charge in [0.1, 0.15) is 5.82 Å². The molecule has 0 N–H and O–H groups in total. The molecule has 2 rings (SSSR count). The highest BCUT2D eigenvalue weighted by Crippen LogP contribution is 2.12. The summed E-state index contributed by atoms with van der Waals surface area (Å²) in [5, 5.41) is 0. The number of halogens is 1. The highest BCUT2D eigenvalue weighted by atomic mass is 79.9. The molecule has 3 nitrogen and oxygen atoms in total. The van der Waals surface area contributed by atoms with Crippen LogP contribution in [0.5, 0.6) is 0 Å². The molecule has 0 saturated heterocycles. The summed E-state index contributed by atoms with van der Waals surface area (Å²) in [6.45, 7) is 2.46. The summed E-state index contributed by atoms with van der Waals surface area (Å²) in [5.41, 5.74) is 0.731. The lowest BCUT2D eigenvalue weighted by molar-refractivity contribution is 0.0971. The molecule has 0 aliphatic heterocycles. The molecule has 1 aromatic heterocycles. The van der Waals surface area contributed by atoms with Crippen LogP contribution in [0, 0.1) is 0 Å². The van der Waals surface area contributed by atoms with E-state index in [1.165, 1.54) is 0 Å². The van der Waals surface area contributed by atoms with Gasteiger partial charge in [-0.25, -0.2) is 4.98 Å². The molecule has 0 saturated carbocycles. The molecule has 18 heavy (non-hydrogen) atoms. The molecule has 1 heterocycles. The number of aryl methyl sites for hydroxylation is 1. The second kappa shape index (κ2) is 5.96. The van der Waals surface area contributed by atoms with E-state index in [1.54, 1.807) is 6.20 Å². The van der Waals surface area contributed by atoms with Gasteiger partial charge in [-0.2, -0.15) is 0 Å². The summed E-state index contributed by atoms with van der Waals surface area (Å²) in [7, 11) is 0.